The van der Waals surface area contributed by atoms with Crippen molar-refractivity contribution in [3.63, 3.8) is 0 Å². The highest BCUT2D eigenvalue weighted by Gasteiger charge is 2.16. The molecule has 0 aliphatic heterocycles. The van der Waals surface area contributed by atoms with Crippen molar-refractivity contribution in [1.82, 2.24) is 9.55 Å². The van der Waals surface area contributed by atoms with Crippen LogP contribution < -0.4 is 5.32 Å². The number of anilines is 1. The molecule has 0 spiro atoms. The second-order valence-electron chi connectivity index (χ2n) is 7.34. The van der Waals surface area contributed by atoms with Gasteiger partial charge in [0.25, 0.3) is 0 Å². The van der Waals surface area contributed by atoms with Gasteiger partial charge < -0.3 is 14.8 Å². The van der Waals surface area contributed by atoms with E-state index in [0.29, 0.717) is 23.6 Å². The molecule has 3 aromatic carbocycles. The van der Waals surface area contributed by atoms with E-state index < -0.39 is 6.29 Å². The molecular formula is C24H23N3O3. The van der Waals surface area contributed by atoms with Gasteiger partial charge in [0.1, 0.15) is 0 Å². The van der Waals surface area contributed by atoms with Gasteiger partial charge in [0, 0.05) is 5.56 Å². The topological polar surface area (TPSA) is 87.4 Å². The fourth-order valence-electron chi connectivity index (χ4n) is 3.39. The van der Waals surface area contributed by atoms with Gasteiger partial charge >= 0.3 is 0 Å². The predicted octanol–water partition coefficient (Wildman–Crippen LogP) is 3.56. The fourth-order valence-corrected chi connectivity index (χ4v) is 3.39. The van der Waals surface area contributed by atoms with Crippen LogP contribution in [0.4, 0.5) is 5.95 Å². The van der Waals surface area contributed by atoms with Gasteiger partial charge in [-0.15, -0.1) is 0 Å². The van der Waals surface area contributed by atoms with Crippen molar-refractivity contribution >= 4 is 22.9 Å². The summed E-state index contributed by atoms with van der Waals surface area (Å²) in [4.78, 5) is 17.2. The number of hydrogen-bond acceptors (Lipinski definition) is 4. The van der Waals surface area contributed by atoms with Crippen LogP contribution in [-0.2, 0) is 17.8 Å². The maximum absolute atomic E-state index is 12.7. The molecular weight excluding hydrogens is 378 g/mol. The Kier molecular flexibility index (Phi) is 5.61. The number of nitrogens with zero attached hydrogens (tertiary/aromatic N) is 2. The molecule has 3 N–H and O–H groups in total. The number of rotatable bonds is 6. The second-order valence-corrected chi connectivity index (χ2v) is 7.34. The third-order valence-corrected chi connectivity index (χ3v) is 4.99. The van der Waals surface area contributed by atoms with E-state index in [1.54, 1.807) is 18.2 Å². The number of imidazole rings is 1. The molecule has 0 saturated carbocycles. The van der Waals surface area contributed by atoms with Crippen LogP contribution in [0.3, 0.4) is 0 Å². The Morgan fingerprint density at radius 1 is 1.00 bits per heavy atom. The summed E-state index contributed by atoms with van der Waals surface area (Å²) in [5.41, 5.74) is 4.87. The number of amides is 1. The predicted molar refractivity (Wildman–Crippen MR) is 116 cm³/mol. The lowest BCUT2D eigenvalue weighted by Crippen LogP contribution is -2.18. The van der Waals surface area contributed by atoms with E-state index in [1.165, 1.54) is 0 Å². The Morgan fingerprint density at radius 2 is 1.73 bits per heavy atom. The Bertz CT molecular complexity index is 1170. The SMILES string of the molecule is Cc1ccc(CC(=O)Nc2nc3cc(C(O)O)ccc3n2Cc2ccccc2)cc1. The van der Waals surface area contributed by atoms with Crippen molar-refractivity contribution in [1.29, 1.82) is 0 Å². The summed E-state index contributed by atoms with van der Waals surface area (Å²) in [7, 11) is 0. The number of carbonyl (C=O) groups is 1. The zero-order valence-electron chi connectivity index (χ0n) is 16.6. The van der Waals surface area contributed by atoms with Crippen LogP contribution in [0.2, 0.25) is 0 Å². The molecule has 0 saturated heterocycles. The highest BCUT2D eigenvalue weighted by molar-refractivity contribution is 5.93. The highest BCUT2D eigenvalue weighted by atomic mass is 16.5. The molecule has 0 aliphatic rings. The summed E-state index contributed by atoms with van der Waals surface area (Å²) in [6, 6.07) is 22.8. The number of aromatic nitrogens is 2. The minimum Gasteiger partial charge on any atom is -0.364 e. The minimum absolute atomic E-state index is 0.161. The molecule has 6 heteroatoms. The van der Waals surface area contributed by atoms with Crippen molar-refractivity contribution < 1.29 is 15.0 Å². The van der Waals surface area contributed by atoms with Gasteiger partial charge in [-0.05, 0) is 30.2 Å². The van der Waals surface area contributed by atoms with E-state index >= 15 is 0 Å². The standard InChI is InChI=1S/C24H23N3O3/c1-16-7-9-17(10-8-16)13-22(28)26-24-25-20-14-19(23(29)30)11-12-21(20)27(24)15-18-5-3-2-4-6-18/h2-12,14,23,29-30H,13,15H2,1H3,(H,25,26,28). The monoisotopic (exact) mass is 401 g/mol. The van der Waals surface area contributed by atoms with Crippen molar-refractivity contribution in [3.05, 3.63) is 95.1 Å². The lowest BCUT2D eigenvalue weighted by Gasteiger charge is -2.11. The van der Waals surface area contributed by atoms with E-state index in [0.717, 1.165) is 22.2 Å². The average Bonchev–Trinajstić information content (AvgIpc) is 3.06. The molecule has 0 radical (unpaired) electrons. The van der Waals surface area contributed by atoms with E-state index in [9.17, 15) is 15.0 Å². The first-order chi connectivity index (χ1) is 14.5. The molecule has 1 heterocycles. The average molecular weight is 401 g/mol. The molecule has 1 aromatic heterocycles. The van der Waals surface area contributed by atoms with Gasteiger partial charge in [-0.1, -0.05) is 66.2 Å². The molecule has 152 valence electrons. The van der Waals surface area contributed by atoms with Crippen molar-refractivity contribution in [2.75, 3.05) is 5.32 Å². The molecule has 4 aromatic rings. The lowest BCUT2D eigenvalue weighted by molar-refractivity contribution is -0.115. The minimum atomic E-state index is -1.58. The van der Waals surface area contributed by atoms with Crippen LogP contribution >= 0.6 is 0 Å². The smallest absolute Gasteiger partial charge is 0.231 e. The third kappa shape index (κ3) is 4.40. The van der Waals surface area contributed by atoms with Crippen LogP contribution in [0.25, 0.3) is 11.0 Å². The largest absolute Gasteiger partial charge is 0.364 e. The maximum atomic E-state index is 12.7. The van der Waals surface area contributed by atoms with Gasteiger partial charge in [0.2, 0.25) is 11.9 Å². The number of aliphatic hydroxyl groups excluding tert-OH is 1. The summed E-state index contributed by atoms with van der Waals surface area (Å²) in [6.45, 7) is 2.53. The van der Waals surface area contributed by atoms with Crippen molar-refractivity contribution in [2.45, 2.75) is 26.2 Å². The Hall–Kier alpha value is -3.48. The van der Waals surface area contributed by atoms with Crippen LogP contribution in [0.1, 0.15) is 28.5 Å². The maximum Gasteiger partial charge on any atom is 0.231 e. The van der Waals surface area contributed by atoms with Gasteiger partial charge in [0.15, 0.2) is 6.29 Å². The highest BCUT2D eigenvalue weighted by Crippen LogP contribution is 2.24. The Balaban J connectivity index is 1.66. The van der Waals surface area contributed by atoms with Gasteiger partial charge in [-0.25, -0.2) is 4.98 Å². The number of aliphatic hydroxyl groups is 2. The van der Waals surface area contributed by atoms with Crippen LogP contribution in [0, 0.1) is 6.92 Å². The first-order valence-corrected chi connectivity index (χ1v) is 9.75. The van der Waals surface area contributed by atoms with E-state index in [4.69, 9.17) is 0 Å². The molecule has 6 nitrogen and oxygen atoms in total. The Labute approximate surface area is 174 Å². The molecule has 0 atom stereocenters. The molecule has 30 heavy (non-hydrogen) atoms. The molecule has 0 fully saturated rings. The second kappa shape index (κ2) is 8.49. The first kappa shape index (κ1) is 19.8. The molecule has 0 aliphatic carbocycles. The summed E-state index contributed by atoms with van der Waals surface area (Å²) in [6.07, 6.45) is -1.33. The van der Waals surface area contributed by atoms with Crippen LogP contribution in [0.15, 0.2) is 72.8 Å². The molecule has 1 amide bonds. The summed E-state index contributed by atoms with van der Waals surface area (Å²) in [5, 5.41) is 21.9. The normalized spacial score (nSPS) is 11.2. The zero-order chi connectivity index (χ0) is 21.1. The Morgan fingerprint density at radius 3 is 2.43 bits per heavy atom. The van der Waals surface area contributed by atoms with Gasteiger partial charge in [-0.2, -0.15) is 0 Å². The molecule has 4 rings (SSSR count). The first-order valence-electron chi connectivity index (χ1n) is 9.75. The third-order valence-electron chi connectivity index (χ3n) is 4.99. The summed E-state index contributed by atoms with van der Waals surface area (Å²) < 4.78 is 1.92. The number of hydrogen-bond donors (Lipinski definition) is 3. The number of nitrogens with one attached hydrogen (secondary N) is 1. The number of fused-ring (bicyclic) bond motifs is 1. The molecule has 0 bridgehead atoms. The number of benzene rings is 3. The van der Waals surface area contributed by atoms with E-state index in [2.05, 4.69) is 10.3 Å². The summed E-state index contributed by atoms with van der Waals surface area (Å²) >= 11 is 0. The van der Waals surface area contributed by atoms with Crippen LogP contribution in [-0.4, -0.2) is 25.7 Å². The fraction of sp³-hybridized carbons (Fsp3) is 0.167. The lowest BCUT2D eigenvalue weighted by atomic mass is 10.1. The van der Waals surface area contributed by atoms with Crippen molar-refractivity contribution in [2.24, 2.45) is 0 Å². The zero-order valence-corrected chi connectivity index (χ0v) is 16.6. The molecule has 0 unspecified atom stereocenters. The number of aryl methyl sites for hydroxylation is 1. The van der Waals surface area contributed by atoms with Crippen molar-refractivity contribution in [3.8, 4) is 0 Å². The van der Waals surface area contributed by atoms with Gasteiger partial charge in [-0.3, -0.25) is 10.1 Å². The van der Waals surface area contributed by atoms with E-state index in [1.807, 2.05) is 66.1 Å². The van der Waals surface area contributed by atoms with E-state index in [-0.39, 0.29) is 12.3 Å². The van der Waals surface area contributed by atoms with Crippen LogP contribution in [0.5, 0.6) is 0 Å². The summed E-state index contributed by atoms with van der Waals surface area (Å²) in [5.74, 6) is 0.265. The number of carbonyl (C=O) groups excluding carboxylic acids is 1. The quantitative estimate of drug-likeness (QED) is 0.431. The van der Waals surface area contributed by atoms with Gasteiger partial charge in [0.05, 0.1) is 24.0 Å².